The molecule has 19 heavy (non-hydrogen) atoms. The molecule has 1 heterocycles. The number of benzene rings is 1. The van der Waals surface area contributed by atoms with Crippen LogP contribution in [0.4, 0.5) is 0 Å². The van der Waals surface area contributed by atoms with Crippen molar-refractivity contribution in [3.63, 3.8) is 0 Å². The molecule has 1 fully saturated rings. The van der Waals surface area contributed by atoms with Gasteiger partial charge in [-0.2, -0.15) is 0 Å². The predicted molar refractivity (Wildman–Crippen MR) is 86.6 cm³/mol. The zero-order chi connectivity index (χ0) is 13.6. The Labute approximate surface area is 127 Å². The quantitative estimate of drug-likeness (QED) is 0.819. The first kappa shape index (κ1) is 13.3. The van der Waals surface area contributed by atoms with Gasteiger partial charge >= 0.3 is 0 Å². The van der Waals surface area contributed by atoms with Gasteiger partial charge in [0.2, 0.25) is 0 Å². The van der Waals surface area contributed by atoms with E-state index in [0.717, 1.165) is 0 Å². The van der Waals surface area contributed by atoms with Crippen molar-refractivity contribution in [1.29, 1.82) is 0 Å². The van der Waals surface area contributed by atoms with E-state index >= 15 is 0 Å². The van der Waals surface area contributed by atoms with Gasteiger partial charge in [0, 0.05) is 25.8 Å². The summed E-state index contributed by atoms with van der Waals surface area (Å²) < 4.78 is 1.18. The second-order valence-electron chi connectivity index (χ2n) is 5.50. The monoisotopic (exact) mass is 335 g/mol. The molecule has 100 valence electrons. The third-order valence-corrected chi connectivity index (χ3v) is 5.59. The van der Waals surface area contributed by atoms with Crippen LogP contribution in [0.3, 0.4) is 0 Å². The average Bonchev–Trinajstić information content (AvgIpc) is 3.07. The summed E-state index contributed by atoms with van der Waals surface area (Å²) in [6, 6.07) is 9.07. The largest absolute Gasteiger partial charge is 0.323 e. The molecule has 0 amide bonds. The van der Waals surface area contributed by atoms with Gasteiger partial charge in [0.1, 0.15) is 0 Å². The molecule has 1 nitrogen and oxygen atoms in total. The molecule has 0 aliphatic heterocycles. The van der Waals surface area contributed by atoms with E-state index in [-0.39, 0.29) is 6.04 Å². The van der Waals surface area contributed by atoms with E-state index in [1.807, 2.05) is 11.3 Å². The van der Waals surface area contributed by atoms with Crippen molar-refractivity contribution < 1.29 is 0 Å². The van der Waals surface area contributed by atoms with Crippen LogP contribution in [0.1, 0.15) is 34.9 Å². The summed E-state index contributed by atoms with van der Waals surface area (Å²) >= 11 is 5.54. The maximum atomic E-state index is 6.29. The number of aryl methyl sites for hydroxylation is 2. The molecule has 3 rings (SSSR count). The molecule has 2 N–H and O–H groups in total. The fourth-order valence-electron chi connectivity index (χ4n) is 2.58. The van der Waals surface area contributed by atoms with Crippen LogP contribution >= 0.6 is 27.3 Å². The Morgan fingerprint density at radius 1 is 1.26 bits per heavy atom. The van der Waals surface area contributed by atoms with E-state index in [1.54, 1.807) is 0 Å². The van der Waals surface area contributed by atoms with E-state index in [4.69, 9.17) is 5.73 Å². The molecule has 1 saturated carbocycles. The summed E-state index contributed by atoms with van der Waals surface area (Å²) in [7, 11) is 0. The Bertz CT molecular complexity index is 590. The Morgan fingerprint density at radius 3 is 2.63 bits per heavy atom. The van der Waals surface area contributed by atoms with Crippen molar-refractivity contribution >= 4 is 27.3 Å². The summed E-state index contributed by atoms with van der Waals surface area (Å²) in [6.07, 6.45) is 2.59. The highest BCUT2D eigenvalue weighted by Crippen LogP contribution is 2.44. The van der Waals surface area contributed by atoms with Crippen LogP contribution in [0, 0.1) is 19.8 Å². The molecule has 0 radical (unpaired) electrons. The second kappa shape index (κ2) is 5.04. The van der Waals surface area contributed by atoms with E-state index in [1.165, 1.54) is 43.8 Å². The van der Waals surface area contributed by atoms with Gasteiger partial charge in [-0.1, -0.05) is 22.0 Å². The predicted octanol–water partition coefficient (Wildman–Crippen LogP) is 5.20. The average molecular weight is 336 g/mol. The highest BCUT2D eigenvalue weighted by molar-refractivity contribution is 9.10. The smallest absolute Gasteiger partial charge is 0.0418 e. The molecule has 1 aromatic heterocycles. The number of thiophene rings is 1. The van der Waals surface area contributed by atoms with Crippen LogP contribution in [0.5, 0.6) is 0 Å². The summed E-state index contributed by atoms with van der Waals surface area (Å²) in [4.78, 5) is 2.64. The van der Waals surface area contributed by atoms with Crippen LogP contribution in [0.2, 0.25) is 0 Å². The zero-order valence-electron chi connectivity index (χ0n) is 11.2. The summed E-state index contributed by atoms with van der Waals surface area (Å²) in [6.45, 7) is 4.30. The Morgan fingerprint density at radius 2 is 2.00 bits per heavy atom. The number of hydrogen-bond donors (Lipinski definition) is 1. The lowest BCUT2D eigenvalue weighted by atomic mass is 10.0. The lowest BCUT2D eigenvalue weighted by molar-refractivity contribution is 0.645. The third-order valence-electron chi connectivity index (χ3n) is 3.76. The van der Waals surface area contributed by atoms with Gasteiger partial charge < -0.3 is 5.73 Å². The normalized spacial score (nSPS) is 16.6. The maximum Gasteiger partial charge on any atom is 0.0418 e. The number of halogens is 1. The van der Waals surface area contributed by atoms with E-state index in [2.05, 4.69) is 54.0 Å². The minimum atomic E-state index is 0.239. The van der Waals surface area contributed by atoms with Gasteiger partial charge in [0.05, 0.1) is 0 Å². The molecule has 1 aliphatic rings. The van der Waals surface area contributed by atoms with Crippen LogP contribution < -0.4 is 5.73 Å². The molecule has 0 spiro atoms. The highest BCUT2D eigenvalue weighted by Gasteiger charge is 2.30. The summed E-state index contributed by atoms with van der Waals surface area (Å²) in [5.74, 6) is 0.717. The Hall–Kier alpha value is -0.640. The summed E-state index contributed by atoms with van der Waals surface area (Å²) in [5.41, 5.74) is 10.2. The molecule has 0 saturated heterocycles. The van der Waals surface area contributed by atoms with Crippen molar-refractivity contribution in [3.8, 4) is 10.4 Å². The number of nitrogens with two attached hydrogens (primary N) is 1. The molecule has 0 bridgehead atoms. The SMILES string of the molecule is Cc1cc(C)c(-c2ccc(C(N)C3CC3)s2)c(Br)c1. The van der Waals surface area contributed by atoms with Gasteiger partial charge in [0.25, 0.3) is 0 Å². The molecule has 1 aromatic carbocycles. The fourth-order valence-corrected chi connectivity index (χ4v) is 4.83. The van der Waals surface area contributed by atoms with Gasteiger partial charge in [-0.25, -0.2) is 0 Å². The standard InChI is InChI=1S/C16H18BrNS/c1-9-7-10(2)15(12(17)8-9)13-5-6-14(19-13)16(18)11-3-4-11/h5-8,11,16H,3-4,18H2,1-2H3. The third kappa shape index (κ3) is 2.64. The van der Waals surface area contributed by atoms with Crippen LogP contribution in [-0.4, -0.2) is 0 Å². The Balaban J connectivity index is 1.98. The first-order valence-corrected chi connectivity index (χ1v) is 8.29. The van der Waals surface area contributed by atoms with E-state index in [9.17, 15) is 0 Å². The maximum absolute atomic E-state index is 6.29. The fraction of sp³-hybridized carbons (Fsp3) is 0.375. The van der Waals surface area contributed by atoms with Crippen molar-refractivity contribution in [3.05, 3.63) is 44.7 Å². The van der Waals surface area contributed by atoms with E-state index in [0.29, 0.717) is 5.92 Å². The number of rotatable bonds is 3. The van der Waals surface area contributed by atoms with Crippen LogP contribution in [0.25, 0.3) is 10.4 Å². The highest BCUT2D eigenvalue weighted by atomic mass is 79.9. The minimum absolute atomic E-state index is 0.239. The van der Waals surface area contributed by atoms with Gasteiger partial charge in [-0.15, -0.1) is 11.3 Å². The molecule has 1 aliphatic carbocycles. The first-order chi connectivity index (χ1) is 9.06. The van der Waals surface area contributed by atoms with Crippen molar-refractivity contribution in [2.75, 3.05) is 0 Å². The lowest BCUT2D eigenvalue weighted by Crippen LogP contribution is -2.10. The zero-order valence-corrected chi connectivity index (χ0v) is 13.6. The van der Waals surface area contributed by atoms with Crippen molar-refractivity contribution in [1.82, 2.24) is 0 Å². The van der Waals surface area contributed by atoms with Crippen molar-refractivity contribution in [2.45, 2.75) is 32.7 Å². The van der Waals surface area contributed by atoms with E-state index < -0.39 is 0 Å². The molecular weight excluding hydrogens is 318 g/mol. The Kier molecular flexibility index (Phi) is 3.54. The molecule has 1 atom stereocenters. The molecular formula is C16H18BrNS. The van der Waals surface area contributed by atoms with Crippen molar-refractivity contribution in [2.24, 2.45) is 11.7 Å². The minimum Gasteiger partial charge on any atom is -0.323 e. The lowest BCUT2D eigenvalue weighted by Gasteiger charge is -2.09. The van der Waals surface area contributed by atoms with Gasteiger partial charge in [-0.3, -0.25) is 0 Å². The summed E-state index contributed by atoms with van der Waals surface area (Å²) in [5, 5.41) is 0. The topological polar surface area (TPSA) is 26.0 Å². The van der Waals surface area contributed by atoms with Gasteiger partial charge in [0.15, 0.2) is 0 Å². The van der Waals surface area contributed by atoms with Crippen LogP contribution in [0.15, 0.2) is 28.7 Å². The van der Waals surface area contributed by atoms with Crippen LogP contribution in [-0.2, 0) is 0 Å². The first-order valence-electron chi connectivity index (χ1n) is 6.68. The number of hydrogen-bond acceptors (Lipinski definition) is 2. The van der Waals surface area contributed by atoms with Gasteiger partial charge in [-0.05, 0) is 61.9 Å². The molecule has 2 aromatic rings. The molecule has 3 heteroatoms. The molecule has 1 unspecified atom stereocenters. The second-order valence-corrected chi connectivity index (χ2v) is 7.47.